The molecule has 1 aliphatic carbocycles. The highest BCUT2D eigenvalue weighted by Gasteiger charge is 2.38. The minimum atomic E-state index is -3.99. The number of benzene rings is 2. The molecule has 6 rings (SSSR count). The summed E-state index contributed by atoms with van der Waals surface area (Å²) >= 11 is 0. The second-order valence-corrected chi connectivity index (χ2v) is 10.9. The number of rotatable bonds is 6. The number of furan rings is 1. The summed E-state index contributed by atoms with van der Waals surface area (Å²) in [5.41, 5.74) is -0.324. The molecule has 0 saturated heterocycles. The number of aromatic amines is 1. The van der Waals surface area contributed by atoms with E-state index in [9.17, 15) is 22.4 Å². The van der Waals surface area contributed by atoms with Crippen LogP contribution in [0, 0.1) is 11.6 Å². The van der Waals surface area contributed by atoms with Crippen LogP contribution in [-0.2, 0) is 16.6 Å². The summed E-state index contributed by atoms with van der Waals surface area (Å²) in [5, 5.41) is -0.358. The first-order valence-electron chi connectivity index (χ1n) is 11.5. The number of sulfonamides is 1. The van der Waals surface area contributed by atoms with E-state index >= 15 is 4.39 Å². The maximum absolute atomic E-state index is 15.1. The fourth-order valence-corrected chi connectivity index (χ4v) is 5.90. The molecule has 2 N–H and O–H groups in total. The van der Waals surface area contributed by atoms with Crippen LogP contribution < -0.4 is 10.3 Å². The van der Waals surface area contributed by atoms with Gasteiger partial charge in [-0.25, -0.2) is 21.9 Å². The number of hydrogen-bond acceptors (Lipinski definition) is 5. The Kier molecular flexibility index (Phi) is 5.27. The number of H-pyrrole nitrogens is 1. The number of carbonyl (C=O) groups excluding carboxylic acids is 1. The Hall–Kier alpha value is -4.25. The minimum absolute atomic E-state index is 0.0399. The molecular formula is C26H19F2N3O5S. The van der Waals surface area contributed by atoms with E-state index in [0.717, 1.165) is 0 Å². The molecule has 0 unspecified atom stereocenters. The van der Waals surface area contributed by atoms with E-state index in [0.29, 0.717) is 12.8 Å². The Morgan fingerprint density at radius 3 is 2.62 bits per heavy atom. The molecule has 2 aromatic carbocycles. The molecule has 8 nitrogen and oxygen atoms in total. The van der Waals surface area contributed by atoms with Crippen LogP contribution in [0.5, 0.6) is 0 Å². The van der Waals surface area contributed by atoms with Gasteiger partial charge < -0.3 is 14.0 Å². The average molecular weight is 524 g/mol. The Morgan fingerprint density at radius 1 is 1.11 bits per heavy atom. The van der Waals surface area contributed by atoms with Gasteiger partial charge in [-0.1, -0.05) is 18.2 Å². The topological polar surface area (TPSA) is 114 Å². The summed E-state index contributed by atoms with van der Waals surface area (Å²) in [6.07, 6.45) is 3.52. The zero-order chi connectivity index (χ0) is 25.9. The maximum atomic E-state index is 15.1. The van der Waals surface area contributed by atoms with Crippen LogP contribution >= 0.6 is 0 Å². The van der Waals surface area contributed by atoms with Gasteiger partial charge in [-0.15, -0.1) is 0 Å². The predicted octanol–water partition coefficient (Wildman–Crippen LogP) is 4.29. The van der Waals surface area contributed by atoms with Crippen molar-refractivity contribution >= 4 is 37.8 Å². The molecule has 11 heteroatoms. The number of halogens is 2. The molecule has 1 aliphatic rings. The Labute approximate surface area is 208 Å². The highest BCUT2D eigenvalue weighted by molar-refractivity contribution is 7.91. The second-order valence-electron chi connectivity index (χ2n) is 8.91. The van der Waals surface area contributed by atoms with Crippen LogP contribution in [0.4, 0.5) is 8.78 Å². The van der Waals surface area contributed by atoms with Crippen molar-refractivity contribution in [2.75, 3.05) is 0 Å². The number of fused-ring (bicyclic) bond motifs is 3. The number of nitrogens with zero attached hydrogens (tertiary/aromatic N) is 1. The fraction of sp³-hybridized carbons (Fsp3) is 0.154. The van der Waals surface area contributed by atoms with E-state index in [2.05, 4.69) is 9.71 Å². The molecule has 5 aromatic rings. The highest BCUT2D eigenvalue weighted by atomic mass is 32.2. The van der Waals surface area contributed by atoms with Crippen molar-refractivity contribution in [1.29, 1.82) is 0 Å². The lowest BCUT2D eigenvalue weighted by molar-refractivity contribution is 0.0973. The maximum Gasteiger partial charge on any atom is 0.282 e. The van der Waals surface area contributed by atoms with Gasteiger partial charge in [-0.2, -0.15) is 0 Å². The fourth-order valence-electron chi connectivity index (χ4n) is 4.62. The zero-order valence-corrected chi connectivity index (χ0v) is 19.9. The Morgan fingerprint density at radius 2 is 1.89 bits per heavy atom. The lowest BCUT2D eigenvalue weighted by atomic mass is 10.0. The molecule has 3 aromatic heterocycles. The van der Waals surface area contributed by atoms with Crippen molar-refractivity contribution in [3.05, 3.63) is 94.2 Å². The normalized spacial score (nSPS) is 13.9. The number of hydrogen-bond donors (Lipinski definition) is 2. The summed E-state index contributed by atoms with van der Waals surface area (Å²) in [5.74, 6) is -2.24. The minimum Gasteiger partial charge on any atom is -0.463 e. The number of amides is 1. The summed E-state index contributed by atoms with van der Waals surface area (Å²) in [6, 6.07) is 11.4. The smallest absolute Gasteiger partial charge is 0.282 e. The van der Waals surface area contributed by atoms with Crippen molar-refractivity contribution in [1.82, 2.24) is 14.3 Å². The number of carbonyl (C=O) groups is 1. The van der Waals surface area contributed by atoms with Crippen molar-refractivity contribution in [2.45, 2.75) is 24.6 Å². The van der Waals surface area contributed by atoms with Gasteiger partial charge in [0.05, 0.1) is 39.9 Å². The number of pyridine rings is 1. The largest absolute Gasteiger partial charge is 0.463 e. The first-order valence-corrected chi connectivity index (χ1v) is 13.0. The molecule has 188 valence electrons. The zero-order valence-electron chi connectivity index (χ0n) is 19.1. The SMILES string of the molecule is O=C(NS(=O)(=O)C1CC1)c1c(-c2ccc[nH]c2=O)c2c3occc3c(F)cc2n1Cc1ccccc1F. The van der Waals surface area contributed by atoms with Crippen LogP contribution in [0.15, 0.2) is 70.2 Å². The molecule has 37 heavy (non-hydrogen) atoms. The quantitative estimate of drug-likeness (QED) is 0.345. The molecule has 0 spiro atoms. The molecule has 0 atom stereocenters. The lowest BCUT2D eigenvalue weighted by Gasteiger charge is -2.13. The van der Waals surface area contributed by atoms with Gasteiger partial charge in [0.25, 0.3) is 11.5 Å². The molecule has 3 heterocycles. The highest BCUT2D eigenvalue weighted by Crippen LogP contribution is 2.40. The second kappa shape index (κ2) is 8.41. The Bertz CT molecular complexity index is 1880. The molecule has 0 aliphatic heterocycles. The van der Waals surface area contributed by atoms with Gasteiger partial charge in [0, 0.05) is 17.3 Å². The van der Waals surface area contributed by atoms with E-state index in [1.165, 1.54) is 53.4 Å². The average Bonchev–Trinajstić information content (AvgIpc) is 3.53. The molecule has 1 saturated carbocycles. The number of aromatic nitrogens is 2. The van der Waals surface area contributed by atoms with Gasteiger partial charge in [0.2, 0.25) is 10.0 Å². The van der Waals surface area contributed by atoms with E-state index in [-0.39, 0.29) is 50.8 Å². The summed E-state index contributed by atoms with van der Waals surface area (Å²) < 4.78 is 64.3. The van der Waals surface area contributed by atoms with Crippen molar-refractivity contribution in [2.24, 2.45) is 0 Å². The van der Waals surface area contributed by atoms with E-state index < -0.39 is 38.4 Å². The predicted molar refractivity (Wildman–Crippen MR) is 133 cm³/mol. The van der Waals surface area contributed by atoms with Gasteiger partial charge >= 0.3 is 0 Å². The first kappa shape index (κ1) is 23.2. The molecule has 1 fully saturated rings. The third-order valence-corrected chi connectivity index (χ3v) is 8.32. The van der Waals surface area contributed by atoms with E-state index in [1.807, 2.05) is 0 Å². The van der Waals surface area contributed by atoms with Crippen LogP contribution in [0.3, 0.4) is 0 Å². The molecule has 0 bridgehead atoms. The van der Waals surface area contributed by atoms with Crippen LogP contribution in [0.1, 0.15) is 28.9 Å². The third-order valence-electron chi connectivity index (χ3n) is 6.50. The summed E-state index contributed by atoms with van der Waals surface area (Å²) in [4.78, 5) is 29.2. The van der Waals surface area contributed by atoms with Gasteiger partial charge in [0.1, 0.15) is 22.9 Å². The van der Waals surface area contributed by atoms with Crippen LogP contribution in [-0.4, -0.2) is 29.1 Å². The van der Waals surface area contributed by atoms with Crippen LogP contribution in [0.2, 0.25) is 0 Å². The third kappa shape index (κ3) is 3.82. The standard InChI is InChI=1S/C26H19F2N3O5S/c27-18-6-2-1-4-14(18)13-31-20-12-19(28)16-9-11-36-24(16)22(20)21(17-5-3-10-29-25(17)32)23(31)26(33)30-37(34,35)15-7-8-15/h1-6,9-12,15H,7-8,13H2,(H,29,32)(H,30,33). The van der Waals surface area contributed by atoms with Crippen molar-refractivity contribution in [3.63, 3.8) is 0 Å². The molecular weight excluding hydrogens is 504 g/mol. The van der Waals surface area contributed by atoms with E-state index in [4.69, 9.17) is 4.42 Å². The summed E-state index contributed by atoms with van der Waals surface area (Å²) in [7, 11) is -3.99. The molecule has 1 amide bonds. The monoisotopic (exact) mass is 523 g/mol. The van der Waals surface area contributed by atoms with Crippen LogP contribution in [0.25, 0.3) is 33.0 Å². The van der Waals surface area contributed by atoms with Crippen molar-refractivity contribution in [3.8, 4) is 11.1 Å². The number of nitrogens with one attached hydrogen (secondary N) is 2. The lowest BCUT2D eigenvalue weighted by Crippen LogP contribution is -2.35. The summed E-state index contributed by atoms with van der Waals surface area (Å²) in [6.45, 7) is -0.244. The van der Waals surface area contributed by atoms with Gasteiger partial charge in [0.15, 0.2) is 0 Å². The van der Waals surface area contributed by atoms with Crippen molar-refractivity contribution < 1.29 is 26.4 Å². The first-order chi connectivity index (χ1) is 17.8. The van der Waals surface area contributed by atoms with Gasteiger partial charge in [-0.05, 0) is 43.2 Å². The van der Waals surface area contributed by atoms with E-state index in [1.54, 1.807) is 12.1 Å². The van der Waals surface area contributed by atoms with Gasteiger partial charge in [-0.3, -0.25) is 9.59 Å². The Balaban J connectivity index is 1.73. The molecule has 0 radical (unpaired) electrons.